The van der Waals surface area contributed by atoms with Crippen molar-refractivity contribution in [3.8, 4) is 0 Å². The number of phosphoric ester groups is 1. The molecule has 1 amide bonds. The minimum absolute atomic E-state index is 0.0716. The monoisotopic (exact) mass is 537 g/mol. The van der Waals surface area contributed by atoms with Crippen LogP contribution in [0.4, 0.5) is 0 Å². The molecular formula is C27H58N2O6P+. The molecule has 0 aliphatic carbocycles. The number of aliphatic hydroxyl groups excluding tert-OH is 1. The third-order valence-electron chi connectivity index (χ3n) is 6.37. The second kappa shape index (κ2) is 21.4. The zero-order valence-corrected chi connectivity index (χ0v) is 24.9. The van der Waals surface area contributed by atoms with E-state index in [1.807, 2.05) is 21.1 Å². The number of hydrogen-bond acceptors (Lipinski definition) is 5. The molecule has 9 heteroatoms. The average molecular weight is 538 g/mol. The van der Waals surface area contributed by atoms with Gasteiger partial charge in [0.05, 0.1) is 39.9 Å². The van der Waals surface area contributed by atoms with Crippen LogP contribution in [0.2, 0.25) is 0 Å². The summed E-state index contributed by atoms with van der Waals surface area (Å²) in [4.78, 5) is 22.1. The van der Waals surface area contributed by atoms with Crippen molar-refractivity contribution < 1.29 is 32.9 Å². The lowest BCUT2D eigenvalue weighted by atomic mass is 10.0. The van der Waals surface area contributed by atoms with Gasteiger partial charge in [-0.3, -0.25) is 13.8 Å². The second-order valence-electron chi connectivity index (χ2n) is 11.2. The van der Waals surface area contributed by atoms with E-state index in [9.17, 15) is 19.4 Å². The number of quaternary nitrogens is 1. The van der Waals surface area contributed by atoms with Crippen molar-refractivity contribution in [3.63, 3.8) is 0 Å². The lowest BCUT2D eigenvalue weighted by molar-refractivity contribution is -0.870. The first-order valence-corrected chi connectivity index (χ1v) is 15.9. The van der Waals surface area contributed by atoms with Crippen LogP contribution in [0.25, 0.3) is 0 Å². The summed E-state index contributed by atoms with van der Waals surface area (Å²) in [5.41, 5.74) is 0. The number of aliphatic hydroxyl groups is 1. The summed E-state index contributed by atoms with van der Waals surface area (Å²) in [6, 6.07) is -0.767. The molecule has 0 fully saturated rings. The molecule has 0 saturated heterocycles. The topological polar surface area (TPSA) is 105 Å². The molecule has 0 bridgehead atoms. The molecule has 36 heavy (non-hydrogen) atoms. The SMILES string of the molecule is CCCCCCCCCCCCCCCCCC(=O)N[C@@H](COP(=O)(O)OCC[N+](C)(C)C)[C@H](C)O. The molecule has 0 aliphatic rings. The highest BCUT2D eigenvalue weighted by molar-refractivity contribution is 7.47. The van der Waals surface area contributed by atoms with E-state index < -0.39 is 20.0 Å². The molecule has 0 heterocycles. The Morgan fingerprint density at radius 2 is 1.28 bits per heavy atom. The summed E-state index contributed by atoms with van der Waals surface area (Å²) in [6.07, 6.45) is 18.5. The van der Waals surface area contributed by atoms with Crippen LogP contribution >= 0.6 is 7.82 Å². The fraction of sp³-hybridized carbons (Fsp3) is 0.963. The number of carbonyl (C=O) groups is 1. The van der Waals surface area contributed by atoms with Gasteiger partial charge >= 0.3 is 7.82 Å². The van der Waals surface area contributed by atoms with E-state index in [0.29, 0.717) is 17.4 Å². The number of carbonyl (C=O) groups excluding carboxylic acids is 1. The number of rotatable bonds is 25. The maximum Gasteiger partial charge on any atom is 0.472 e. The Labute approximate surface area is 221 Å². The van der Waals surface area contributed by atoms with Crippen LogP contribution in [0.1, 0.15) is 117 Å². The van der Waals surface area contributed by atoms with Crippen molar-refractivity contribution in [3.05, 3.63) is 0 Å². The van der Waals surface area contributed by atoms with Gasteiger partial charge < -0.3 is 19.8 Å². The second-order valence-corrected chi connectivity index (χ2v) is 12.7. The van der Waals surface area contributed by atoms with E-state index in [-0.39, 0.29) is 19.1 Å². The Balaban J connectivity index is 3.81. The summed E-state index contributed by atoms with van der Waals surface area (Å²) >= 11 is 0. The molecule has 0 aromatic carbocycles. The van der Waals surface area contributed by atoms with E-state index in [0.717, 1.165) is 19.3 Å². The van der Waals surface area contributed by atoms with E-state index in [4.69, 9.17) is 9.05 Å². The van der Waals surface area contributed by atoms with Crippen molar-refractivity contribution in [2.45, 2.75) is 129 Å². The van der Waals surface area contributed by atoms with E-state index in [2.05, 4.69) is 12.2 Å². The molecule has 0 aromatic heterocycles. The van der Waals surface area contributed by atoms with Gasteiger partial charge in [0.2, 0.25) is 5.91 Å². The molecule has 3 atom stereocenters. The molecular weight excluding hydrogens is 479 g/mol. The van der Waals surface area contributed by atoms with Gasteiger partial charge in [0.15, 0.2) is 0 Å². The Kier molecular flexibility index (Phi) is 21.1. The minimum Gasteiger partial charge on any atom is -0.391 e. The number of amides is 1. The summed E-state index contributed by atoms with van der Waals surface area (Å²) in [5, 5.41) is 12.6. The van der Waals surface area contributed by atoms with Crippen LogP contribution in [0, 0.1) is 0 Å². The Hall–Kier alpha value is -0.500. The van der Waals surface area contributed by atoms with Crippen molar-refractivity contribution in [2.24, 2.45) is 0 Å². The lowest BCUT2D eigenvalue weighted by Gasteiger charge is -2.25. The molecule has 0 rings (SSSR count). The summed E-state index contributed by atoms with van der Waals surface area (Å²) in [7, 11) is 1.60. The third kappa shape index (κ3) is 23.9. The highest BCUT2D eigenvalue weighted by atomic mass is 31.2. The number of phosphoric acid groups is 1. The van der Waals surface area contributed by atoms with Gasteiger partial charge in [-0.1, -0.05) is 96.8 Å². The van der Waals surface area contributed by atoms with Gasteiger partial charge in [0.25, 0.3) is 0 Å². The zero-order chi connectivity index (χ0) is 27.3. The Morgan fingerprint density at radius 1 is 0.833 bits per heavy atom. The Morgan fingerprint density at radius 3 is 1.69 bits per heavy atom. The molecule has 0 saturated carbocycles. The molecule has 1 unspecified atom stereocenters. The summed E-state index contributed by atoms with van der Waals surface area (Å²) in [6.45, 7) is 4.10. The van der Waals surface area contributed by atoms with E-state index >= 15 is 0 Å². The van der Waals surface area contributed by atoms with Crippen LogP contribution in [0.3, 0.4) is 0 Å². The number of nitrogens with zero attached hydrogens (tertiary/aromatic N) is 1. The predicted molar refractivity (Wildman–Crippen MR) is 148 cm³/mol. The van der Waals surface area contributed by atoms with Crippen LogP contribution < -0.4 is 5.32 Å². The first kappa shape index (κ1) is 35.5. The van der Waals surface area contributed by atoms with Gasteiger partial charge in [-0.25, -0.2) is 4.57 Å². The number of likely N-dealkylation sites (N-methyl/N-ethyl adjacent to an activating group) is 1. The Bertz CT molecular complexity index is 583. The molecule has 0 aromatic rings. The highest BCUT2D eigenvalue weighted by Gasteiger charge is 2.27. The largest absolute Gasteiger partial charge is 0.472 e. The van der Waals surface area contributed by atoms with Crippen molar-refractivity contribution in [1.82, 2.24) is 5.32 Å². The van der Waals surface area contributed by atoms with Crippen LogP contribution in [0.5, 0.6) is 0 Å². The van der Waals surface area contributed by atoms with E-state index in [1.54, 1.807) is 0 Å². The third-order valence-corrected chi connectivity index (χ3v) is 7.35. The van der Waals surface area contributed by atoms with Crippen molar-refractivity contribution in [1.29, 1.82) is 0 Å². The molecule has 0 radical (unpaired) electrons. The standard InChI is InChI=1S/C27H57N2O6P/c1-6-7-8-9-10-11-12-13-14-15-16-17-18-19-20-21-27(31)28-26(25(2)30)24-35-36(32,33)34-23-22-29(3,4)5/h25-26,30H,6-24H2,1-5H3,(H-,28,31,32,33)/p+1/t25-,26-/m0/s1. The molecule has 216 valence electrons. The number of nitrogens with one attached hydrogen (secondary N) is 1. The van der Waals surface area contributed by atoms with Crippen LogP contribution in [0.15, 0.2) is 0 Å². The molecule has 0 spiro atoms. The lowest BCUT2D eigenvalue weighted by Crippen LogP contribution is -2.45. The highest BCUT2D eigenvalue weighted by Crippen LogP contribution is 2.43. The number of unbranched alkanes of at least 4 members (excludes halogenated alkanes) is 14. The maximum atomic E-state index is 12.3. The molecule has 8 nitrogen and oxygen atoms in total. The normalized spacial score (nSPS) is 15.4. The fourth-order valence-electron chi connectivity index (χ4n) is 3.88. The molecule has 0 aliphatic heterocycles. The van der Waals surface area contributed by atoms with E-state index in [1.165, 1.54) is 84.0 Å². The fourth-order valence-corrected chi connectivity index (χ4v) is 4.62. The average Bonchev–Trinajstić information content (AvgIpc) is 2.78. The smallest absolute Gasteiger partial charge is 0.391 e. The minimum atomic E-state index is -4.24. The van der Waals surface area contributed by atoms with Crippen molar-refractivity contribution in [2.75, 3.05) is 40.9 Å². The van der Waals surface area contributed by atoms with Gasteiger partial charge in [-0.15, -0.1) is 0 Å². The van der Waals surface area contributed by atoms with Crippen LogP contribution in [-0.2, 0) is 18.4 Å². The zero-order valence-electron chi connectivity index (χ0n) is 24.0. The number of hydrogen-bond donors (Lipinski definition) is 3. The van der Waals surface area contributed by atoms with Gasteiger partial charge in [0, 0.05) is 6.42 Å². The predicted octanol–water partition coefficient (Wildman–Crippen LogP) is 5.95. The maximum absolute atomic E-state index is 12.3. The first-order valence-electron chi connectivity index (χ1n) is 14.4. The summed E-state index contributed by atoms with van der Waals surface area (Å²) < 4.78 is 22.6. The van der Waals surface area contributed by atoms with Crippen molar-refractivity contribution >= 4 is 13.7 Å². The first-order chi connectivity index (χ1) is 17.0. The molecule has 3 N–H and O–H groups in total. The van der Waals surface area contributed by atoms with Gasteiger partial charge in [-0.2, -0.15) is 0 Å². The van der Waals surface area contributed by atoms with Crippen LogP contribution in [-0.4, -0.2) is 73.4 Å². The quantitative estimate of drug-likeness (QED) is 0.0755. The van der Waals surface area contributed by atoms with Gasteiger partial charge in [-0.05, 0) is 13.3 Å². The summed E-state index contributed by atoms with van der Waals surface area (Å²) in [5.74, 6) is -0.182. The van der Waals surface area contributed by atoms with Gasteiger partial charge in [0.1, 0.15) is 13.2 Å².